The topological polar surface area (TPSA) is 84.3 Å². The molecule has 1 saturated heterocycles. The second-order valence-electron chi connectivity index (χ2n) is 9.60. The van der Waals surface area contributed by atoms with Crippen molar-refractivity contribution in [3.8, 4) is 0 Å². The Labute approximate surface area is 206 Å². The number of thioether (sulfide) groups is 1. The number of fused-ring (bicyclic) bond motifs is 1. The number of likely N-dealkylation sites (tertiary alicyclic amines) is 1. The SMILES string of the molecule is CC(=O)N1CCC(NC(=O)CSc2nc3ccccc3c(=O)n2CCCCCCC(C)C)CC1. The Morgan fingerprint density at radius 2 is 1.82 bits per heavy atom. The fourth-order valence-corrected chi connectivity index (χ4v) is 5.21. The number of carbonyl (C=O) groups is 2. The maximum Gasteiger partial charge on any atom is 0.262 e. The van der Waals surface area contributed by atoms with Crippen LogP contribution < -0.4 is 10.9 Å². The number of benzene rings is 1. The van der Waals surface area contributed by atoms with Gasteiger partial charge in [-0.05, 0) is 37.3 Å². The number of para-hydroxylation sites is 1. The number of hydrogen-bond acceptors (Lipinski definition) is 5. The fraction of sp³-hybridized carbons (Fsp3) is 0.615. The van der Waals surface area contributed by atoms with E-state index in [1.54, 1.807) is 11.5 Å². The van der Waals surface area contributed by atoms with Gasteiger partial charge in [-0.1, -0.05) is 63.4 Å². The Hall–Kier alpha value is -2.35. The summed E-state index contributed by atoms with van der Waals surface area (Å²) in [7, 11) is 0. The molecule has 0 radical (unpaired) electrons. The molecule has 0 spiro atoms. The van der Waals surface area contributed by atoms with Crippen LogP contribution in [-0.2, 0) is 16.1 Å². The largest absolute Gasteiger partial charge is 0.353 e. The second-order valence-corrected chi connectivity index (χ2v) is 10.5. The summed E-state index contributed by atoms with van der Waals surface area (Å²) in [6.07, 6.45) is 7.16. The average Bonchev–Trinajstić information content (AvgIpc) is 2.81. The molecule has 1 aromatic carbocycles. The molecule has 2 amide bonds. The first kappa shape index (κ1) is 26.3. The first-order valence-electron chi connectivity index (χ1n) is 12.5. The number of piperidine rings is 1. The van der Waals surface area contributed by atoms with E-state index in [1.165, 1.54) is 31.0 Å². The van der Waals surface area contributed by atoms with Gasteiger partial charge in [0.05, 0.1) is 16.7 Å². The maximum absolute atomic E-state index is 13.2. The van der Waals surface area contributed by atoms with E-state index in [0.717, 1.165) is 31.6 Å². The Balaban J connectivity index is 1.60. The minimum Gasteiger partial charge on any atom is -0.353 e. The van der Waals surface area contributed by atoms with Crippen LogP contribution in [0.15, 0.2) is 34.2 Å². The summed E-state index contributed by atoms with van der Waals surface area (Å²) in [5.41, 5.74) is 0.632. The predicted octanol–water partition coefficient (Wildman–Crippen LogP) is 4.22. The van der Waals surface area contributed by atoms with Crippen molar-refractivity contribution >= 4 is 34.5 Å². The molecule has 0 bridgehead atoms. The van der Waals surface area contributed by atoms with E-state index in [0.29, 0.717) is 35.7 Å². The molecule has 0 atom stereocenters. The van der Waals surface area contributed by atoms with Gasteiger partial charge in [-0.2, -0.15) is 0 Å². The van der Waals surface area contributed by atoms with Gasteiger partial charge in [0.2, 0.25) is 11.8 Å². The van der Waals surface area contributed by atoms with E-state index in [9.17, 15) is 14.4 Å². The van der Waals surface area contributed by atoms with Crippen molar-refractivity contribution in [3.63, 3.8) is 0 Å². The quantitative estimate of drug-likeness (QED) is 0.292. The summed E-state index contributed by atoms with van der Waals surface area (Å²) in [6.45, 7) is 8.04. The lowest BCUT2D eigenvalue weighted by Crippen LogP contribution is -2.46. The molecule has 1 N–H and O–H groups in total. The van der Waals surface area contributed by atoms with Crippen molar-refractivity contribution in [1.29, 1.82) is 0 Å². The van der Waals surface area contributed by atoms with Crippen LogP contribution in [0.1, 0.15) is 65.7 Å². The minimum absolute atomic E-state index is 0.0349. The molecule has 0 aliphatic carbocycles. The van der Waals surface area contributed by atoms with Crippen molar-refractivity contribution in [2.45, 2.75) is 83.5 Å². The molecule has 0 unspecified atom stereocenters. The number of rotatable bonds is 11. The molecule has 2 aromatic rings. The average molecular weight is 487 g/mol. The Bertz CT molecular complexity index is 1030. The summed E-state index contributed by atoms with van der Waals surface area (Å²) in [5.74, 6) is 0.962. The molecule has 1 aromatic heterocycles. The molecule has 0 saturated carbocycles. The molecule has 34 heavy (non-hydrogen) atoms. The monoisotopic (exact) mass is 486 g/mol. The molecule has 3 rings (SSSR count). The van der Waals surface area contributed by atoms with Crippen LogP contribution in [0.2, 0.25) is 0 Å². The van der Waals surface area contributed by atoms with Crippen LogP contribution in [0.25, 0.3) is 10.9 Å². The number of nitrogens with zero attached hydrogens (tertiary/aromatic N) is 3. The molecule has 1 aliphatic heterocycles. The van der Waals surface area contributed by atoms with Gasteiger partial charge in [-0.3, -0.25) is 19.0 Å². The standard InChI is InChI=1S/C26H38N4O3S/c1-19(2)10-6-4-5-9-15-30-25(33)22-11-7-8-12-23(22)28-26(30)34-18-24(32)27-21-13-16-29(17-14-21)20(3)31/h7-8,11-12,19,21H,4-6,9-10,13-18H2,1-3H3,(H,27,32). The summed E-state index contributed by atoms with van der Waals surface area (Å²) in [4.78, 5) is 43.8. The minimum atomic E-state index is -0.0612. The third kappa shape index (κ3) is 7.58. The first-order valence-corrected chi connectivity index (χ1v) is 13.5. The highest BCUT2D eigenvalue weighted by Gasteiger charge is 2.22. The van der Waals surface area contributed by atoms with E-state index < -0.39 is 0 Å². The van der Waals surface area contributed by atoms with Crippen LogP contribution >= 0.6 is 11.8 Å². The Kier molecular flexibility index (Phi) is 9.99. The number of unbranched alkanes of at least 4 members (excludes halogenated alkanes) is 3. The van der Waals surface area contributed by atoms with E-state index in [-0.39, 0.29) is 29.2 Å². The lowest BCUT2D eigenvalue weighted by Gasteiger charge is -2.31. The van der Waals surface area contributed by atoms with Crippen LogP contribution in [0.3, 0.4) is 0 Å². The van der Waals surface area contributed by atoms with Crippen molar-refractivity contribution in [2.24, 2.45) is 5.92 Å². The smallest absolute Gasteiger partial charge is 0.262 e. The van der Waals surface area contributed by atoms with Crippen LogP contribution in [0.4, 0.5) is 0 Å². The number of amides is 2. The third-order valence-corrected chi connectivity index (χ3v) is 7.35. The zero-order valence-electron chi connectivity index (χ0n) is 20.7. The molecule has 1 fully saturated rings. The summed E-state index contributed by atoms with van der Waals surface area (Å²) >= 11 is 1.33. The molecule has 2 heterocycles. The van der Waals surface area contributed by atoms with Crippen LogP contribution in [0.5, 0.6) is 0 Å². The highest BCUT2D eigenvalue weighted by atomic mass is 32.2. The molecule has 186 valence electrons. The van der Waals surface area contributed by atoms with Gasteiger partial charge in [0.25, 0.3) is 5.56 Å². The molecule has 1 aliphatic rings. The van der Waals surface area contributed by atoms with Gasteiger partial charge in [0, 0.05) is 32.6 Å². The normalized spacial score (nSPS) is 14.6. The van der Waals surface area contributed by atoms with E-state index in [4.69, 9.17) is 4.98 Å². The fourth-order valence-electron chi connectivity index (χ4n) is 4.37. The van der Waals surface area contributed by atoms with Gasteiger partial charge < -0.3 is 10.2 Å². The predicted molar refractivity (Wildman–Crippen MR) is 138 cm³/mol. The lowest BCUT2D eigenvalue weighted by molar-refractivity contribution is -0.130. The van der Waals surface area contributed by atoms with Crippen molar-refractivity contribution in [2.75, 3.05) is 18.8 Å². The Morgan fingerprint density at radius 3 is 2.53 bits per heavy atom. The molecule has 7 nitrogen and oxygen atoms in total. The van der Waals surface area contributed by atoms with Gasteiger partial charge in [0.15, 0.2) is 5.16 Å². The second kappa shape index (κ2) is 12.9. The first-order chi connectivity index (χ1) is 16.3. The maximum atomic E-state index is 13.2. The molecule has 8 heteroatoms. The zero-order chi connectivity index (χ0) is 24.5. The lowest BCUT2D eigenvalue weighted by atomic mass is 10.0. The highest BCUT2D eigenvalue weighted by molar-refractivity contribution is 7.99. The third-order valence-electron chi connectivity index (χ3n) is 6.38. The summed E-state index contributed by atoms with van der Waals surface area (Å²) in [5, 5.41) is 4.31. The molecular formula is C26H38N4O3S. The number of carbonyl (C=O) groups excluding carboxylic acids is 2. The van der Waals surface area contributed by atoms with E-state index in [1.807, 2.05) is 29.2 Å². The number of aromatic nitrogens is 2. The number of nitrogens with one attached hydrogen (secondary N) is 1. The van der Waals surface area contributed by atoms with Gasteiger partial charge in [-0.15, -0.1) is 0 Å². The van der Waals surface area contributed by atoms with Crippen molar-refractivity contribution < 1.29 is 9.59 Å². The zero-order valence-corrected chi connectivity index (χ0v) is 21.5. The van der Waals surface area contributed by atoms with E-state index in [2.05, 4.69) is 19.2 Å². The van der Waals surface area contributed by atoms with Crippen LogP contribution in [-0.4, -0.2) is 51.1 Å². The Morgan fingerprint density at radius 1 is 1.12 bits per heavy atom. The summed E-state index contributed by atoms with van der Waals surface area (Å²) < 4.78 is 1.74. The van der Waals surface area contributed by atoms with Gasteiger partial charge in [0.1, 0.15) is 0 Å². The van der Waals surface area contributed by atoms with Crippen molar-refractivity contribution in [3.05, 3.63) is 34.6 Å². The van der Waals surface area contributed by atoms with Gasteiger partial charge in [-0.25, -0.2) is 4.98 Å². The summed E-state index contributed by atoms with van der Waals surface area (Å²) in [6, 6.07) is 7.49. The van der Waals surface area contributed by atoms with Gasteiger partial charge >= 0.3 is 0 Å². The number of hydrogen-bond donors (Lipinski definition) is 1. The van der Waals surface area contributed by atoms with Crippen LogP contribution in [0, 0.1) is 5.92 Å². The molecular weight excluding hydrogens is 448 g/mol. The highest BCUT2D eigenvalue weighted by Crippen LogP contribution is 2.19. The van der Waals surface area contributed by atoms with Crippen molar-refractivity contribution in [1.82, 2.24) is 19.8 Å². The van der Waals surface area contributed by atoms with E-state index >= 15 is 0 Å².